The zero-order valence-corrected chi connectivity index (χ0v) is 14.9. The first-order valence-corrected chi connectivity index (χ1v) is 8.78. The monoisotopic (exact) mass is 381 g/mol. The lowest BCUT2D eigenvalue weighted by atomic mass is 10.2. The van der Waals surface area contributed by atoms with Crippen molar-refractivity contribution in [3.63, 3.8) is 0 Å². The predicted octanol–water partition coefficient (Wildman–Crippen LogP) is 2.59. The van der Waals surface area contributed by atoms with Crippen LogP contribution in [0, 0.1) is 0 Å². The van der Waals surface area contributed by atoms with E-state index in [4.69, 9.17) is 10.5 Å². The Morgan fingerprint density at radius 3 is 2.78 bits per heavy atom. The van der Waals surface area contributed by atoms with Gasteiger partial charge in [0.05, 0.1) is 16.8 Å². The summed E-state index contributed by atoms with van der Waals surface area (Å²) >= 11 is 1.15. The van der Waals surface area contributed by atoms with Crippen LogP contribution in [0.15, 0.2) is 53.9 Å². The average Bonchev–Trinajstić information content (AvgIpc) is 3.13. The summed E-state index contributed by atoms with van der Waals surface area (Å²) in [7, 11) is 0. The molecule has 0 aliphatic rings. The van der Waals surface area contributed by atoms with Crippen LogP contribution in [0.1, 0.15) is 16.1 Å². The third kappa shape index (κ3) is 4.77. The Hall–Kier alpha value is -3.52. The molecule has 0 aliphatic heterocycles. The van der Waals surface area contributed by atoms with Gasteiger partial charge in [-0.1, -0.05) is 24.3 Å². The second kappa shape index (κ2) is 8.24. The van der Waals surface area contributed by atoms with Gasteiger partial charge in [-0.2, -0.15) is 0 Å². The Balaban J connectivity index is 1.54. The van der Waals surface area contributed by atoms with Crippen molar-refractivity contribution in [2.75, 3.05) is 11.9 Å². The molecule has 136 valence electrons. The van der Waals surface area contributed by atoms with E-state index in [1.807, 2.05) is 30.3 Å². The molecule has 3 aromatic rings. The molecule has 3 rings (SSSR count). The molecule has 0 bridgehead atoms. The summed E-state index contributed by atoms with van der Waals surface area (Å²) in [6.45, 7) is -0.482. The van der Waals surface area contributed by atoms with Crippen LogP contribution in [0.5, 0.6) is 0 Å². The molecule has 1 aromatic carbocycles. The number of aromatic nitrogens is 1. The van der Waals surface area contributed by atoms with Crippen LogP contribution < -0.4 is 11.1 Å². The van der Waals surface area contributed by atoms with E-state index >= 15 is 0 Å². The van der Waals surface area contributed by atoms with Gasteiger partial charge in [0.25, 0.3) is 11.8 Å². The zero-order chi connectivity index (χ0) is 19.2. The first-order valence-electron chi connectivity index (χ1n) is 7.91. The summed E-state index contributed by atoms with van der Waals surface area (Å²) in [5.74, 6) is -1.89. The first-order chi connectivity index (χ1) is 13.0. The van der Waals surface area contributed by atoms with Crippen molar-refractivity contribution in [2.24, 2.45) is 5.73 Å². The van der Waals surface area contributed by atoms with Crippen molar-refractivity contribution in [3.05, 3.63) is 65.2 Å². The molecule has 0 atom stereocenters. The maximum atomic E-state index is 11.8. The average molecular weight is 381 g/mol. The highest BCUT2D eigenvalue weighted by Gasteiger charge is 2.13. The molecule has 0 fully saturated rings. The van der Waals surface area contributed by atoms with E-state index in [0.717, 1.165) is 22.2 Å². The summed E-state index contributed by atoms with van der Waals surface area (Å²) in [5, 5.41) is 5.43. The van der Waals surface area contributed by atoms with E-state index in [2.05, 4.69) is 10.3 Å². The molecule has 0 unspecified atom stereocenters. The molecule has 2 heterocycles. The summed E-state index contributed by atoms with van der Waals surface area (Å²) in [4.78, 5) is 39.2. The number of primary amides is 1. The van der Waals surface area contributed by atoms with E-state index in [0.29, 0.717) is 10.7 Å². The van der Waals surface area contributed by atoms with Gasteiger partial charge in [0.2, 0.25) is 0 Å². The molecule has 2 aromatic heterocycles. The zero-order valence-electron chi connectivity index (χ0n) is 14.0. The maximum absolute atomic E-state index is 11.8. The SMILES string of the molecule is NC(=O)c1ccsc1NC(=O)COC(=O)C=Cc1ccc2ccccc2n1. The molecule has 0 radical (unpaired) electrons. The van der Waals surface area contributed by atoms with E-state index in [9.17, 15) is 14.4 Å². The lowest BCUT2D eigenvalue weighted by Crippen LogP contribution is -2.21. The van der Waals surface area contributed by atoms with Crippen LogP contribution in [0.3, 0.4) is 0 Å². The minimum Gasteiger partial charge on any atom is -0.452 e. The number of para-hydroxylation sites is 1. The number of ether oxygens (including phenoxy) is 1. The Labute approximate surface area is 158 Å². The third-order valence-electron chi connectivity index (χ3n) is 3.54. The van der Waals surface area contributed by atoms with Crippen LogP contribution in [-0.2, 0) is 14.3 Å². The largest absolute Gasteiger partial charge is 0.452 e. The standard InChI is InChI=1S/C19H15N3O4S/c20-18(25)14-9-10-27-19(14)22-16(23)11-26-17(24)8-7-13-6-5-12-3-1-2-4-15(12)21-13/h1-10H,11H2,(H2,20,25)(H,22,23). The van der Waals surface area contributed by atoms with Gasteiger partial charge >= 0.3 is 5.97 Å². The second-order valence-corrected chi connectivity index (χ2v) is 6.36. The lowest BCUT2D eigenvalue weighted by Gasteiger charge is -2.04. The summed E-state index contributed by atoms with van der Waals surface area (Å²) < 4.78 is 4.89. The number of pyridine rings is 1. The molecule has 8 heteroatoms. The van der Waals surface area contributed by atoms with Gasteiger partial charge in [-0.3, -0.25) is 9.59 Å². The number of hydrogen-bond donors (Lipinski definition) is 2. The van der Waals surface area contributed by atoms with E-state index < -0.39 is 24.4 Å². The maximum Gasteiger partial charge on any atom is 0.331 e. The summed E-state index contributed by atoms with van der Waals surface area (Å²) in [5.41, 5.74) is 6.82. The quantitative estimate of drug-likeness (QED) is 0.503. The number of fused-ring (bicyclic) bond motifs is 1. The van der Waals surface area contributed by atoms with Crippen LogP contribution in [-0.4, -0.2) is 29.4 Å². The summed E-state index contributed by atoms with van der Waals surface area (Å²) in [6.07, 6.45) is 2.71. The Bertz CT molecular complexity index is 1040. The molecular formula is C19H15N3O4S. The van der Waals surface area contributed by atoms with Crippen LogP contribution in [0.2, 0.25) is 0 Å². The van der Waals surface area contributed by atoms with E-state index in [1.54, 1.807) is 11.4 Å². The number of hydrogen-bond acceptors (Lipinski definition) is 6. The number of carbonyl (C=O) groups excluding carboxylic acids is 3. The molecule has 0 saturated heterocycles. The predicted molar refractivity (Wildman–Crippen MR) is 103 cm³/mol. The number of esters is 1. The molecule has 0 spiro atoms. The van der Waals surface area contributed by atoms with Gasteiger partial charge in [-0.15, -0.1) is 11.3 Å². The van der Waals surface area contributed by atoms with Gasteiger partial charge in [-0.05, 0) is 29.7 Å². The minimum absolute atomic E-state index is 0.210. The number of benzene rings is 1. The van der Waals surface area contributed by atoms with Gasteiger partial charge < -0.3 is 15.8 Å². The molecule has 7 nitrogen and oxygen atoms in total. The van der Waals surface area contributed by atoms with Gasteiger partial charge in [-0.25, -0.2) is 9.78 Å². The van der Waals surface area contributed by atoms with E-state index in [1.165, 1.54) is 18.2 Å². The highest BCUT2D eigenvalue weighted by molar-refractivity contribution is 7.14. The second-order valence-electron chi connectivity index (χ2n) is 5.45. The normalized spacial score (nSPS) is 10.8. The molecule has 27 heavy (non-hydrogen) atoms. The fourth-order valence-electron chi connectivity index (χ4n) is 2.28. The van der Waals surface area contributed by atoms with Gasteiger partial charge in [0.15, 0.2) is 6.61 Å². The molecule has 2 amide bonds. The van der Waals surface area contributed by atoms with Crippen molar-refractivity contribution < 1.29 is 19.1 Å². The fraction of sp³-hybridized carbons (Fsp3) is 0.0526. The van der Waals surface area contributed by atoms with E-state index in [-0.39, 0.29) is 5.56 Å². The number of thiophene rings is 1. The lowest BCUT2D eigenvalue weighted by molar-refractivity contribution is -0.142. The van der Waals surface area contributed by atoms with Crippen molar-refractivity contribution in [3.8, 4) is 0 Å². The van der Waals surface area contributed by atoms with Gasteiger partial charge in [0.1, 0.15) is 5.00 Å². The molecule has 3 N–H and O–H groups in total. The van der Waals surface area contributed by atoms with Crippen molar-refractivity contribution >= 4 is 51.1 Å². The number of amides is 2. The first kappa shape index (κ1) is 18.3. The highest BCUT2D eigenvalue weighted by Crippen LogP contribution is 2.22. The van der Waals surface area contributed by atoms with Crippen LogP contribution >= 0.6 is 11.3 Å². The minimum atomic E-state index is -0.679. The number of anilines is 1. The van der Waals surface area contributed by atoms with Gasteiger partial charge in [0, 0.05) is 11.5 Å². The number of nitrogens with zero attached hydrogens (tertiary/aromatic N) is 1. The Morgan fingerprint density at radius 2 is 1.96 bits per heavy atom. The smallest absolute Gasteiger partial charge is 0.331 e. The topological polar surface area (TPSA) is 111 Å². The molecule has 0 aliphatic carbocycles. The van der Waals surface area contributed by atoms with Crippen molar-refractivity contribution in [1.29, 1.82) is 0 Å². The molecular weight excluding hydrogens is 366 g/mol. The Kier molecular flexibility index (Phi) is 5.58. The number of nitrogens with one attached hydrogen (secondary N) is 1. The Morgan fingerprint density at radius 1 is 1.15 bits per heavy atom. The highest BCUT2D eigenvalue weighted by atomic mass is 32.1. The number of nitrogens with two attached hydrogens (primary N) is 1. The fourth-order valence-corrected chi connectivity index (χ4v) is 3.08. The number of rotatable bonds is 6. The van der Waals surface area contributed by atoms with Crippen LogP contribution in [0.25, 0.3) is 17.0 Å². The van der Waals surface area contributed by atoms with Crippen LogP contribution in [0.4, 0.5) is 5.00 Å². The number of carbonyl (C=O) groups is 3. The molecule has 0 saturated carbocycles. The summed E-state index contributed by atoms with van der Waals surface area (Å²) in [6, 6.07) is 12.8. The van der Waals surface area contributed by atoms with Crippen molar-refractivity contribution in [2.45, 2.75) is 0 Å². The third-order valence-corrected chi connectivity index (χ3v) is 4.37. The van der Waals surface area contributed by atoms with Crippen molar-refractivity contribution in [1.82, 2.24) is 4.98 Å².